The van der Waals surface area contributed by atoms with E-state index in [9.17, 15) is 4.79 Å². The highest BCUT2D eigenvalue weighted by Gasteiger charge is 2.13. The summed E-state index contributed by atoms with van der Waals surface area (Å²) in [5, 5.41) is 13.6. The van der Waals surface area contributed by atoms with E-state index in [-0.39, 0.29) is 11.2 Å². The Morgan fingerprint density at radius 3 is 2.71 bits per heavy atom. The van der Waals surface area contributed by atoms with Crippen LogP contribution in [0.25, 0.3) is 11.4 Å². The molecular formula is C14H12BrN5O. The number of benzene rings is 1. The Hall–Kier alpha value is -2.41. The molecule has 3 aromatic rings. The number of H-pyrrole nitrogens is 2. The molecule has 0 aliphatic carbocycles. The van der Waals surface area contributed by atoms with Crippen LogP contribution in [0.15, 0.2) is 62.1 Å². The number of aromatic amines is 2. The third-order valence-corrected chi connectivity index (χ3v) is 3.52. The maximum absolute atomic E-state index is 11.9. The van der Waals surface area contributed by atoms with E-state index in [1.807, 2.05) is 54.2 Å². The monoisotopic (exact) mass is 345 g/mol. The minimum absolute atomic E-state index is 0.261. The van der Waals surface area contributed by atoms with Gasteiger partial charge in [0.2, 0.25) is 0 Å². The Morgan fingerprint density at radius 1 is 1.14 bits per heavy atom. The minimum Gasteiger partial charge on any atom is -0.349 e. The molecule has 7 heteroatoms. The van der Waals surface area contributed by atoms with Gasteiger partial charge in [-0.1, -0.05) is 22.0 Å². The van der Waals surface area contributed by atoms with E-state index in [1.165, 1.54) is 0 Å². The molecule has 1 aromatic carbocycles. The average Bonchev–Trinajstić information content (AvgIpc) is 3.03. The molecule has 0 amide bonds. The molecule has 106 valence electrons. The first kappa shape index (κ1) is 13.6. The van der Waals surface area contributed by atoms with Gasteiger partial charge in [0.15, 0.2) is 5.69 Å². The summed E-state index contributed by atoms with van der Waals surface area (Å²) in [6.07, 6.45) is 1.90. The van der Waals surface area contributed by atoms with Gasteiger partial charge >= 0.3 is 0 Å². The van der Waals surface area contributed by atoms with Gasteiger partial charge in [-0.3, -0.25) is 15.0 Å². The second kappa shape index (κ2) is 5.53. The highest BCUT2D eigenvalue weighted by atomic mass is 79.9. The molecule has 0 spiro atoms. The summed E-state index contributed by atoms with van der Waals surface area (Å²) in [5.74, 6) is 0. The third-order valence-electron chi connectivity index (χ3n) is 3.03. The van der Waals surface area contributed by atoms with Crippen LogP contribution >= 0.6 is 15.9 Å². The van der Waals surface area contributed by atoms with Crippen LogP contribution in [0, 0.1) is 0 Å². The fourth-order valence-electron chi connectivity index (χ4n) is 2.00. The molecule has 2 aromatic heterocycles. The van der Waals surface area contributed by atoms with Crippen molar-refractivity contribution in [3.05, 3.63) is 57.4 Å². The number of rotatable bonds is 3. The number of aryl methyl sites for hydroxylation is 1. The molecule has 0 aliphatic rings. The highest BCUT2D eigenvalue weighted by Crippen LogP contribution is 2.27. The van der Waals surface area contributed by atoms with Crippen LogP contribution < -0.4 is 5.56 Å². The number of azo groups is 1. The van der Waals surface area contributed by atoms with Crippen molar-refractivity contribution < 1.29 is 0 Å². The molecule has 0 radical (unpaired) electrons. The Balaban J connectivity index is 2.02. The van der Waals surface area contributed by atoms with E-state index in [0.717, 1.165) is 10.2 Å². The van der Waals surface area contributed by atoms with Crippen LogP contribution in [0.2, 0.25) is 0 Å². The largest absolute Gasteiger partial charge is 0.349 e. The van der Waals surface area contributed by atoms with Gasteiger partial charge in [0, 0.05) is 17.7 Å². The molecule has 0 saturated carbocycles. The zero-order valence-electron chi connectivity index (χ0n) is 11.2. The van der Waals surface area contributed by atoms with Crippen LogP contribution in [-0.4, -0.2) is 14.8 Å². The van der Waals surface area contributed by atoms with Crippen molar-refractivity contribution in [1.82, 2.24) is 14.8 Å². The Kier molecular flexibility index (Phi) is 3.57. The van der Waals surface area contributed by atoms with Crippen molar-refractivity contribution in [2.24, 2.45) is 17.3 Å². The SMILES string of the molecule is Cn1cccc1-c1[nH][nH]c(=O)c1N=Nc1cccc(Br)c1. The van der Waals surface area contributed by atoms with Crippen molar-refractivity contribution in [3.63, 3.8) is 0 Å². The normalized spacial score (nSPS) is 11.3. The van der Waals surface area contributed by atoms with Gasteiger partial charge in [-0.25, -0.2) is 0 Å². The van der Waals surface area contributed by atoms with Gasteiger partial charge in [0.25, 0.3) is 5.56 Å². The second-order valence-corrected chi connectivity index (χ2v) is 5.40. The predicted molar refractivity (Wildman–Crippen MR) is 84.1 cm³/mol. The summed E-state index contributed by atoms with van der Waals surface area (Å²) in [6, 6.07) is 11.2. The molecule has 0 bridgehead atoms. The molecular weight excluding hydrogens is 334 g/mol. The Morgan fingerprint density at radius 2 is 2.00 bits per heavy atom. The van der Waals surface area contributed by atoms with Crippen molar-refractivity contribution in [1.29, 1.82) is 0 Å². The van der Waals surface area contributed by atoms with Gasteiger partial charge in [-0.2, -0.15) is 5.11 Å². The summed E-state index contributed by atoms with van der Waals surface area (Å²) < 4.78 is 2.81. The second-order valence-electron chi connectivity index (χ2n) is 4.49. The van der Waals surface area contributed by atoms with E-state index in [2.05, 4.69) is 36.4 Å². The van der Waals surface area contributed by atoms with Crippen molar-refractivity contribution >= 4 is 27.3 Å². The summed E-state index contributed by atoms with van der Waals surface area (Å²) in [6.45, 7) is 0. The molecule has 2 N–H and O–H groups in total. The number of hydrogen-bond acceptors (Lipinski definition) is 3. The third kappa shape index (κ3) is 2.73. The maximum Gasteiger partial charge on any atom is 0.292 e. The van der Waals surface area contributed by atoms with Gasteiger partial charge in [-0.15, -0.1) is 5.11 Å². The van der Waals surface area contributed by atoms with Crippen molar-refractivity contribution in [2.75, 3.05) is 0 Å². The molecule has 0 atom stereocenters. The molecule has 6 nitrogen and oxygen atoms in total. The van der Waals surface area contributed by atoms with Gasteiger partial charge in [0.05, 0.1) is 11.4 Å². The zero-order valence-corrected chi connectivity index (χ0v) is 12.8. The maximum atomic E-state index is 11.9. The fraction of sp³-hybridized carbons (Fsp3) is 0.0714. The van der Waals surface area contributed by atoms with Gasteiger partial charge in [0.1, 0.15) is 5.69 Å². The van der Waals surface area contributed by atoms with E-state index in [4.69, 9.17) is 0 Å². The molecule has 0 aliphatic heterocycles. The first-order valence-corrected chi connectivity index (χ1v) is 7.04. The van der Waals surface area contributed by atoms with Crippen molar-refractivity contribution in [3.8, 4) is 11.4 Å². The number of halogens is 1. The highest BCUT2D eigenvalue weighted by molar-refractivity contribution is 9.10. The summed E-state index contributed by atoms with van der Waals surface area (Å²) in [4.78, 5) is 11.9. The molecule has 3 rings (SSSR count). The number of aromatic nitrogens is 3. The van der Waals surface area contributed by atoms with E-state index < -0.39 is 0 Å². The zero-order chi connectivity index (χ0) is 14.8. The lowest BCUT2D eigenvalue weighted by Crippen LogP contribution is -1.96. The number of hydrogen-bond donors (Lipinski definition) is 2. The Labute approximate surface area is 128 Å². The first-order chi connectivity index (χ1) is 10.1. The van der Waals surface area contributed by atoms with E-state index in [1.54, 1.807) is 0 Å². The van der Waals surface area contributed by atoms with E-state index >= 15 is 0 Å². The molecule has 0 unspecified atom stereocenters. The standard InChI is InChI=1S/C14H12BrN5O/c1-20-7-3-6-11(20)12-13(14(21)19-17-12)18-16-10-5-2-4-9(15)8-10/h2-8H,1H3,(H2,17,19,21). The number of nitrogens with one attached hydrogen (secondary N) is 2. The van der Waals surface area contributed by atoms with Gasteiger partial charge in [-0.05, 0) is 30.3 Å². The first-order valence-electron chi connectivity index (χ1n) is 6.25. The summed E-state index contributed by atoms with van der Waals surface area (Å²) in [5.41, 5.74) is 2.10. The number of nitrogens with zero attached hydrogens (tertiary/aromatic N) is 3. The summed E-state index contributed by atoms with van der Waals surface area (Å²) >= 11 is 3.37. The smallest absolute Gasteiger partial charge is 0.292 e. The van der Waals surface area contributed by atoms with Crippen LogP contribution in [0.3, 0.4) is 0 Å². The molecule has 21 heavy (non-hydrogen) atoms. The van der Waals surface area contributed by atoms with Crippen molar-refractivity contribution in [2.45, 2.75) is 0 Å². The van der Waals surface area contributed by atoms with Crippen LogP contribution in [-0.2, 0) is 7.05 Å². The lowest BCUT2D eigenvalue weighted by molar-refractivity contribution is 0.925. The minimum atomic E-state index is -0.301. The lowest BCUT2D eigenvalue weighted by atomic mass is 10.3. The van der Waals surface area contributed by atoms with Crippen LogP contribution in [0.1, 0.15) is 0 Å². The molecule has 0 fully saturated rings. The molecule has 0 saturated heterocycles. The Bertz CT molecular complexity index is 858. The van der Waals surface area contributed by atoms with Crippen LogP contribution in [0.5, 0.6) is 0 Å². The quantitative estimate of drug-likeness (QED) is 0.694. The predicted octanol–water partition coefficient (Wildman–Crippen LogP) is 3.89. The topological polar surface area (TPSA) is 78.3 Å². The average molecular weight is 346 g/mol. The lowest BCUT2D eigenvalue weighted by Gasteiger charge is -2.00. The van der Waals surface area contributed by atoms with Gasteiger partial charge < -0.3 is 4.57 Å². The van der Waals surface area contributed by atoms with E-state index in [0.29, 0.717) is 11.4 Å². The fourth-order valence-corrected chi connectivity index (χ4v) is 2.39. The molecule has 2 heterocycles. The van der Waals surface area contributed by atoms with Crippen LogP contribution in [0.4, 0.5) is 11.4 Å². The summed E-state index contributed by atoms with van der Waals surface area (Å²) in [7, 11) is 1.90.